The van der Waals surface area contributed by atoms with E-state index in [-0.39, 0.29) is 12.1 Å². The van der Waals surface area contributed by atoms with Gasteiger partial charge in [0.05, 0.1) is 24.8 Å². The fourth-order valence-corrected chi connectivity index (χ4v) is 1.07. The second-order valence-corrected chi connectivity index (χ2v) is 2.73. The number of nitrogens with two attached hydrogens (primary N) is 1. The van der Waals surface area contributed by atoms with Crippen molar-refractivity contribution in [3.8, 4) is 17.6 Å². The highest BCUT2D eigenvalue weighted by molar-refractivity contribution is 5.88. The summed E-state index contributed by atoms with van der Waals surface area (Å²) in [6, 6.07) is 4.51. The lowest BCUT2D eigenvalue weighted by molar-refractivity contribution is 0.0696. The van der Waals surface area contributed by atoms with E-state index in [0.29, 0.717) is 11.3 Å². The average Bonchev–Trinajstić information content (AvgIpc) is 2.25. The van der Waals surface area contributed by atoms with E-state index in [1.165, 1.54) is 19.2 Å². The Bertz CT molecular complexity index is 429. The van der Waals surface area contributed by atoms with Crippen molar-refractivity contribution in [3.05, 3.63) is 29.3 Å². The van der Waals surface area contributed by atoms with Gasteiger partial charge in [-0.1, -0.05) is 11.8 Å². The van der Waals surface area contributed by atoms with E-state index in [1.54, 1.807) is 6.07 Å². The summed E-state index contributed by atoms with van der Waals surface area (Å²) in [6.07, 6.45) is 0. The van der Waals surface area contributed by atoms with Crippen LogP contribution in [0.2, 0.25) is 0 Å². The predicted octanol–water partition coefficient (Wildman–Crippen LogP) is 0.704. The van der Waals surface area contributed by atoms with Gasteiger partial charge in [0.1, 0.15) is 5.75 Å². The predicted molar refractivity (Wildman–Crippen MR) is 55.9 cm³/mol. The molecular weight excluding hydrogens is 194 g/mol. The lowest BCUT2D eigenvalue weighted by Gasteiger charge is -2.03. The lowest BCUT2D eigenvalue weighted by Crippen LogP contribution is -1.98. The number of hydrogen-bond donors (Lipinski definition) is 2. The molecule has 15 heavy (non-hydrogen) atoms. The van der Waals surface area contributed by atoms with Crippen LogP contribution in [-0.2, 0) is 0 Å². The van der Waals surface area contributed by atoms with Gasteiger partial charge in [-0.3, -0.25) is 0 Å². The number of aromatic carboxylic acids is 1. The number of carboxylic acids is 1. The average molecular weight is 205 g/mol. The van der Waals surface area contributed by atoms with Crippen molar-refractivity contribution in [3.63, 3.8) is 0 Å². The molecule has 0 amide bonds. The Morgan fingerprint density at radius 1 is 1.60 bits per heavy atom. The molecule has 0 unspecified atom stereocenters. The van der Waals surface area contributed by atoms with Gasteiger partial charge in [0.15, 0.2) is 0 Å². The monoisotopic (exact) mass is 205 g/mol. The molecule has 0 aliphatic heterocycles. The maximum absolute atomic E-state index is 10.7. The summed E-state index contributed by atoms with van der Waals surface area (Å²) in [5.41, 5.74) is 6.04. The molecule has 4 heteroatoms. The molecule has 78 valence electrons. The third-order valence-corrected chi connectivity index (χ3v) is 1.77. The highest BCUT2D eigenvalue weighted by Gasteiger charge is 2.06. The number of carboxylic acid groups (broad SMARTS) is 1. The van der Waals surface area contributed by atoms with Crippen LogP contribution in [0.1, 0.15) is 15.9 Å². The zero-order chi connectivity index (χ0) is 11.3. The molecule has 0 saturated carbocycles. The standard InChI is InChI=1S/C11H11NO3/c1-15-10-7-9(11(13)14)5-4-8(10)3-2-6-12/h4-5,7H,6,12H2,1H3,(H,13,14). The van der Waals surface area contributed by atoms with Gasteiger partial charge in [0.2, 0.25) is 0 Å². The topological polar surface area (TPSA) is 72.5 Å². The third-order valence-electron chi connectivity index (χ3n) is 1.77. The molecule has 4 nitrogen and oxygen atoms in total. The minimum Gasteiger partial charge on any atom is -0.495 e. The van der Waals surface area contributed by atoms with Crippen LogP contribution in [0.5, 0.6) is 5.75 Å². The van der Waals surface area contributed by atoms with Crippen molar-refractivity contribution >= 4 is 5.97 Å². The maximum atomic E-state index is 10.7. The van der Waals surface area contributed by atoms with Crippen LogP contribution in [0.3, 0.4) is 0 Å². The van der Waals surface area contributed by atoms with Crippen LogP contribution in [0.25, 0.3) is 0 Å². The first-order valence-corrected chi connectivity index (χ1v) is 4.29. The zero-order valence-electron chi connectivity index (χ0n) is 8.28. The first-order valence-electron chi connectivity index (χ1n) is 4.29. The van der Waals surface area contributed by atoms with E-state index < -0.39 is 5.97 Å². The summed E-state index contributed by atoms with van der Waals surface area (Å²) in [5, 5.41) is 8.76. The molecule has 0 fully saturated rings. The summed E-state index contributed by atoms with van der Waals surface area (Å²) in [6.45, 7) is 0.254. The molecule has 0 radical (unpaired) electrons. The molecule has 0 aliphatic rings. The number of rotatable bonds is 2. The Hall–Kier alpha value is -1.99. The van der Waals surface area contributed by atoms with Gasteiger partial charge in [-0.25, -0.2) is 4.79 Å². The summed E-state index contributed by atoms with van der Waals surface area (Å²) in [5.74, 6) is 4.92. The summed E-state index contributed by atoms with van der Waals surface area (Å²) >= 11 is 0. The van der Waals surface area contributed by atoms with E-state index in [9.17, 15) is 4.79 Å². The molecule has 0 bridgehead atoms. The van der Waals surface area contributed by atoms with E-state index in [2.05, 4.69) is 11.8 Å². The van der Waals surface area contributed by atoms with Gasteiger partial charge >= 0.3 is 5.97 Å². The minimum absolute atomic E-state index is 0.171. The quantitative estimate of drug-likeness (QED) is 0.697. The summed E-state index contributed by atoms with van der Waals surface area (Å²) < 4.78 is 5.03. The molecule has 0 saturated heterocycles. The maximum Gasteiger partial charge on any atom is 0.335 e. The fourth-order valence-electron chi connectivity index (χ4n) is 1.07. The highest BCUT2D eigenvalue weighted by Crippen LogP contribution is 2.19. The Morgan fingerprint density at radius 3 is 2.87 bits per heavy atom. The van der Waals surface area contributed by atoms with Crippen molar-refractivity contribution in [2.75, 3.05) is 13.7 Å². The Balaban J connectivity index is 3.14. The Kier molecular flexibility index (Phi) is 3.72. The molecular formula is C11H11NO3. The van der Waals surface area contributed by atoms with E-state index in [1.807, 2.05) is 0 Å². The zero-order valence-corrected chi connectivity index (χ0v) is 8.28. The van der Waals surface area contributed by atoms with Crippen molar-refractivity contribution in [1.82, 2.24) is 0 Å². The van der Waals surface area contributed by atoms with Crippen molar-refractivity contribution in [1.29, 1.82) is 0 Å². The highest BCUT2D eigenvalue weighted by atomic mass is 16.5. The van der Waals surface area contributed by atoms with E-state index in [4.69, 9.17) is 15.6 Å². The first-order chi connectivity index (χ1) is 7.19. The van der Waals surface area contributed by atoms with Crippen LogP contribution < -0.4 is 10.5 Å². The molecule has 0 aliphatic carbocycles. The van der Waals surface area contributed by atoms with Gasteiger partial charge in [-0.2, -0.15) is 0 Å². The SMILES string of the molecule is COc1cc(C(=O)O)ccc1C#CCN. The van der Waals surface area contributed by atoms with Gasteiger partial charge < -0.3 is 15.6 Å². The van der Waals surface area contributed by atoms with Crippen molar-refractivity contribution in [2.24, 2.45) is 5.73 Å². The van der Waals surface area contributed by atoms with E-state index in [0.717, 1.165) is 0 Å². The number of ether oxygens (including phenoxy) is 1. The van der Waals surface area contributed by atoms with E-state index >= 15 is 0 Å². The lowest BCUT2D eigenvalue weighted by atomic mass is 10.1. The Morgan fingerprint density at radius 2 is 2.33 bits per heavy atom. The smallest absolute Gasteiger partial charge is 0.335 e. The van der Waals surface area contributed by atoms with Gasteiger partial charge in [-0.05, 0) is 18.2 Å². The third kappa shape index (κ3) is 2.73. The molecule has 0 heterocycles. The number of hydrogen-bond acceptors (Lipinski definition) is 3. The number of carbonyl (C=O) groups is 1. The molecule has 0 aromatic heterocycles. The summed E-state index contributed by atoms with van der Waals surface area (Å²) in [7, 11) is 1.47. The Labute approximate surface area is 87.7 Å². The van der Waals surface area contributed by atoms with Gasteiger partial charge in [0.25, 0.3) is 0 Å². The van der Waals surface area contributed by atoms with Crippen LogP contribution in [-0.4, -0.2) is 24.7 Å². The number of methoxy groups -OCH3 is 1. The number of benzene rings is 1. The van der Waals surface area contributed by atoms with Gasteiger partial charge in [-0.15, -0.1) is 0 Å². The summed E-state index contributed by atoms with van der Waals surface area (Å²) in [4.78, 5) is 10.7. The minimum atomic E-state index is -0.994. The molecule has 1 rings (SSSR count). The normalized spacial score (nSPS) is 8.93. The second-order valence-electron chi connectivity index (χ2n) is 2.73. The largest absolute Gasteiger partial charge is 0.495 e. The first kappa shape index (κ1) is 11.1. The second kappa shape index (κ2) is 5.03. The van der Waals surface area contributed by atoms with Crippen LogP contribution in [0.15, 0.2) is 18.2 Å². The molecule has 1 aromatic rings. The fraction of sp³-hybridized carbons (Fsp3) is 0.182. The van der Waals surface area contributed by atoms with Gasteiger partial charge in [0, 0.05) is 0 Å². The molecule has 0 spiro atoms. The van der Waals surface area contributed by atoms with Crippen molar-refractivity contribution in [2.45, 2.75) is 0 Å². The van der Waals surface area contributed by atoms with Crippen LogP contribution in [0, 0.1) is 11.8 Å². The molecule has 0 atom stereocenters. The molecule has 1 aromatic carbocycles. The van der Waals surface area contributed by atoms with Crippen LogP contribution in [0.4, 0.5) is 0 Å². The molecule has 3 N–H and O–H groups in total. The van der Waals surface area contributed by atoms with Crippen molar-refractivity contribution < 1.29 is 14.6 Å². The van der Waals surface area contributed by atoms with Crippen LogP contribution >= 0.6 is 0 Å².